The van der Waals surface area contributed by atoms with Crippen molar-refractivity contribution in [2.75, 3.05) is 7.11 Å². The summed E-state index contributed by atoms with van der Waals surface area (Å²) in [6.07, 6.45) is 0. The standard InChI is InChI=1S/C9H12FNO2/c1-13-6-8-4-7(5-11-12)2-3-9(8)10/h2-4,11-12H,5-6H2,1H3. The summed E-state index contributed by atoms with van der Waals surface area (Å²) < 4.78 is 17.9. The molecule has 0 saturated heterocycles. The fourth-order valence-corrected chi connectivity index (χ4v) is 1.10. The molecule has 0 fully saturated rings. The monoisotopic (exact) mass is 185 g/mol. The van der Waals surface area contributed by atoms with Crippen LogP contribution in [0.1, 0.15) is 11.1 Å². The van der Waals surface area contributed by atoms with Crippen molar-refractivity contribution < 1.29 is 14.3 Å². The van der Waals surface area contributed by atoms with Crippen molar-refractivity contribution in [3.8, 4) is 0 Å². The van der Waals surface area contributed by atoms with Crippen molar-refractivity contribution in [2.45, 2.75) is 13.2 Å². The Hall–Kier alpha value is -0.970. The summed E-state index contributed by atoms with van der Waals surface area (Å²) in [7, 11) is 1.51. The van der Waals surface area contributed by atoms with E-state index in [0.29, 0.717) is 12.1 Å². The molecule has 2 N–H and O–H groups in total. The molecule has 0 saturated carbocycles. The highest BCUT2D eigenvalue weighted by molar-refractivity contribution is 5.24. The highest BCUT2D eigenvalue weighted by Gasteiger charge is 2.02. The molecule has 1 aromatic rings. The van der Waals surface area contributed by atoms with E-state index < -0.39 is 0 Å². The van der Waals surface area contributed by atoms with E-state index in [1.54, 1.807) is 12.1 Å². The Kier molecular flexibility index (Phi) is 3.82. The molecule has 0 spiro atoms. The highest BCUT2D eigenvalue weighted by Crippen LogP contribution is 2.11. The van der Waals surface area contributed by atoms with Crippen LogP contribution in [0.3, 0.4) is 0 Å². The van der Waals surface area contributed by atoms with Crippen molar-refractivity contribution in [1.82, 2.24) is 5.48 Å². The van der Waals surface area contributed by atoms with Crippen LogP contribution in [0.15, 0.2) is 18.2 Å². The van der Waals surface area contributed by atoms with Crippen LogP contribution in [0.25, 0.3) is 0 Å². The predicted molar refractivity (Wildman–Crippen MR) is 45.7 cm³/mol. The quantitative estimate of drug-likeness (QED) is 0.697. The SMILES string of the molecule is COCc1cc(CNO)ccc1F. The van der Waals surface area contributed by atoms with Gasteiger partial charge in [-0.1, -0.05) is 6.07 Å². The minimum atomic E-state index is -0.288. The molecule has 0 heterocycles. The lowest BCUT2D eigenvalue weighted by atomic mass is 10.1. The third-order valence-corrected chi connectivity index (χ3v) is 1.69. The van der Waals surface area contributed by atoms with Gasteiger partial charge in [0.15, 0.2) is 0 Å². The van der Waals surface area contributed by atoms with E-state index in [1.807, 2.05) is 5.48 Å². The van der Waals surface area contributed by atoms with Crippen molar-refractivity contribution in [1.29, 1.82) is 0 Å². The second-order valence-electron chi connectivity index (χ2n) is 2.69. The average molecular weight is 185 g/mol. The molecule has 4 heteroatoms. The average Bonchev–Trinajstić information content (AvgIpc) is 2.12. The van der Waals surface area contributed by atoms with E-state index in [9.17, 15) is 4.39 Å². The molecular formula is C9H12FNO2. The normalized spacial score (nSPS) is 10.4. The van der Waals surface area contributed by atoms with Gasteiger partial charge >= 0.3 is 0 Å². The van der Waals surface area contributed by atoms with Crippen molar-refractivity contribution in [3.05, 3.63) is 35.1 Å². The van der Waals surface area contributed by atoms with Gasteiger partial charge in [0.25, 0.3) is 0 Å². The van der Waals surface area contributed by atoms with E-state index in [0.717, 1.165) is 5.56 Å². The Morgan fingerprint density at radius 1 is 1.54 bits per heavy atom. The van der Waals surface area contributed by atoms with Crippen molar-refractivity contribution >= 4 is 0 Å². The minimum Gasteiger partial charge on any atom is -0.380 e. The van der Waals surface area contributed by atoms with Gasteiger partial charge in [0.05, 0.1) is 6.61 Å². The third kappa shape index (κ3) is 2.77. The molecular weight excluding hydrogens is 173 g/mol. The zero-order valence-electron chi connectivity index (χ0n) is 7.38. The number of hydrogen-bond donors (Lipinski definition) is 2. The number of benzene rings is 1. The lowest BCUT2D eigenvalue weighted by molar-refractivity contribution is 0.160. The number of ether oxygens (including phenoxy) is 1. The largest absolute Gasteiger partial charge is 0.380 e. The molecule has 1 rings (SSSR count). The van der Waals surface area contributed by atoms with E-state index >= 15 is 0 Å². The van der Waals surface area contributed by atoms with Gasteiger partial charge in [-0.15, -0.1) is 0 Å². The van der Waals surface area contributed by atoms with Crippen LogP contribution < -0.4 is 5.48 Å². The Bertz CT molecular complexity index is 278. The lowest BCUT2D eigenvalue weighted by Gasteiger charge is -2.04. The van der Waals surface area contributed by atoms with E-state index in [4.69, 9.17) is 9.94 Å². The number of methoxy groups -OCH3 is 1. The summed E-state index contributed by atoms with van der Waals surface area (Å²) in [5.74, 6) is -0.288. The molecule has 0 bridgehead atoms. The zero-order valence-corrected chi connectivity index (χ0v) is 7.38. The number of hydroxylamine groups is 1. The third-order valence-electron chi connectivity index (χ3n) is 1.69. The Balaban J connectivity index is 2.83. The summed E-state index contributed by atoms with van der Waals surface area (Å²) in [6, 6.07) is 4.63. The number of halogens is 1. The molecule has 0 atom stereocenters. The summed E-state index contributed by atoms with van der Waals surface area (Å²) in [6.45, 7) is 0.544. The van der Waals surface area contributed by atoms with Crippen LogP contribution in [0.4, 0.5) is 4.39 Å². The number of hydrogen-bond acceptors (Lipinski definition) is 3. The molecule has 0 amide bonds. The van der Waals surface area contributed by atoms with Crippen LogP contribution in [0.2, 0.25) is 0 Å². The van der Waals surface area contributed by atoms with E-state index in [-0.39, 0.29) is 12.4 Å². The predicted octanol–water partition coefficient (Wildman–Crippen LogP) is 1.45. The summed E-state index contributed by atoms with van der Waals surface area (Å²) >= 11 is 0. The van der Waals surface area contributed by atoms with Gasteiger partial charge in [0.2, 0.25) is 0 Å². The van der Waals surface area contributed by atoms with Gasteiger partial charge in [-0.05, 0) is 17.7 Å². The highest BCUT2D eigenvalue weighted by atomic mass is 19.1. The zero-order chi connectivity index (χ0) is 9.68. The topological polar surface area (TPSA) is 41.5 Å². The van der Waals surface area contributed by atoms with Crippen LogP contribution in [-0.4, -0.2) is 12.3 Å². The minimum absolute atomic E-state index is 0.241. The lowest BCUT2D eigenvalue weighted by Crippen LogP contribution is -2.07. The first kappa shape index (κ1) is 10.1. The fraction of sp³-hybridized carbons (Fsp3) is 0.333. The maximum absolute atomic E-state index is 13.0. The molecule has 0 aliphatic rings. The van der Waals surface area contributed by atoms with Crippen molar-refractivity contribution in [2.24, 2.45) is 0 Å². The van der Waals surface area contributed by atoms with Crippen LogP contribution in [-0.2, 0) is 17.9 Å². The van der Waals surface area contributed by atoms with Gasteiger partial charge in [-0.2, -0.15) is 0 Å². The Morgan fingerprint density at radius 3 is 2.92 bits per heavy atom. The Labute approximate surface area is 76.1 Å². The number of rotatable bonds is 4. The molecule has 0 aromatic heterocycles. The summed E-state index contributed by atoms with van der Waals surface area (Å²) in [5.41, 5.74) is 3.32. The van der Waals surface area contributed by atoms with Crippen LogP contribution in [0.5, 0.6) is 0 Å². The molecule has 0 unspecified atom stereocenters. The molecule has 0 aliphatic heterocycles. The Morgan fingerprint density at radius 2 is 2.31 bits per heavy atom. The van der Waals surface area contributed by atoms with E-state index in [2.05, 4.69) is 0 Å². The maximum Gasteiger partial charge on any atom is 0.128 e. The summed E-state index contributed by atoms with van der Waals surface area (Å²) in [4.78, 5) is 0. The smallest absolute Gasteiger partial charge is 0.128 e. The molecule has 72 valence electrons. The van der Waals surface area contributed by atoms with Crippen molar-refractivity contribution in [3.63, 3.8) is 0 Å². The second kappa shape index (κ2) is 4.91. The van der Waals surface area contributed by atoms with Gasteiger partial charge in [0.1, 0.15) is 5.82 Å². The van der Waals surface area contributed by atoms with Gasteiger partial charge in [-0.3, -0.25) is 0 Å². The molecule has 3 nitrogen and oxygen atoms in total. The summed E-state index contributed by atoms with van der Waals surface area (Å²) in [5, 5.41) is 8.43. The first-order chi connectivity index (χ1) is 6.27. The maximum atomic E-state index is 13.0. The first-order valence-electron chi connectivity index (χ1n) is 3.91. The van der Waals surface area contributed by atoms with Crippen LogP contribution in [0, 0.1) is 5.82 Å². The van der Waals surface area contributed by atoms with Gasteiger partial charge in [0, 0.05) is 19.2 Å². The molecule has 0 aliphatic carbocycles. The van der Waals surface area contributed by atoms with Gasteiger partial charge in [-0.25, -0.2) is 9.87 Å². The van der Waals surface area contributed by atoms with E-state index in [1.165, 1.54) is 13.2 Å². The van der Waals surface area contributed by atoms with Crippen LogP contribution >= 0.6 is 0 Å². The van der Waals surface area contributed by atoms with Gasteiger partial charge < -0.3 is 9.94 Å². The fourth-order valence-electron chi connectivity index (χ4n) is 1.10. The molecule has 13 heavy (non-hydrogen) atoms. The molecule has 0 radical (unpaired) electrons. The number of nitrogens with one attached hydrogen (secondary N) is 1. The molecule has 1 aromatic carbocycles. The first-order valence-corrected chi connectivity index (χ1v) is 3.91. The second-order valence-corrected chi connectivity index (χ2v) is 2.69.